The van der Waals surface area contributed by atoms with Gasteiger partial charge in [0.1, 0.15) is 18.5 Å². The molecule has 4 heterocycles. The Bertz CT molecular complexity index is 1490. The quantitative estimate of drug-likeness (QED) is 0.500. The zero-order chi connectivity index (χ0) is 26.6. The number of pyridine rings is 1. The first-order valence-electron chi connectivity index (χ1n) is 12.6. The number of ether oxygens (including phenoxy) is 1. The molecular weight excluding hydrogens is 493 g/mol. The summed E-state index contributed by atoms with van der Waals surface area (Å²) >= 11 is 0. The summed E-state index contributed by atoms with van der Waals surface area (Å²) in [6.45, 7) is 1.79. The zero-order valence-electron chi connectivity index (χ0n) is 20.7. The summed E-state index contributed by atoms with van der Waals surface area (Å²) in [7, 11) is 0. The zero-order valence-corrected chi connectivity index (χ0v) is 20.7. The molecule has 3 aliphatic rings. The van der Waals surface area contributed by atoms with Gasteiger partial charge in [0, 0.05) is 42.4 Å². The molecule has 2 aliphatic heterocycles. The average Bonchev–Trinajstić information content (AvgIpc) is 3.46. The highest BCUT2D eigenvalue weighted by Gasteiger charge is 2.41. The second-order valence-corrected chi connectivity index (χ2v) is 10.1. The predicted molar refractivity (Wildman–Crippen MR) is 131 cm³/mol. The second kappa shape index (κ2) is 9.23. The minimum atomic E-state index is -0.826. The fraction of sp³-hybridized carbons (Fsp3) is 0.370. The summed E-state index contributed by atoms with van der Waals surface area (Å²) in [4.78, 5) is 50.3. The van der Waals surface area contributed by atoms with Crippen LogP contribution in [0.25, 0.3) is 5.52 Å². The Balaban J connectivity index is 1.05. The van der Waals surface area contributed by atoms with E-state index in [9.17, 15) is 19.2 Å². The summed E-state index contributed by atoms with van der Waals surface area (Å²) in [5.74, 6) is -2.06. The SMILES string of the molecule is Cc1ccc2ccnn2c1C1CC(NC(=O)OCc2ccc3c(c2F)C(=O)N(C2CCC(=O)NC2=O)C3)C1. The largest absolute Gasteiger partial charge is 0.445 e. The van der Waals surface area contributed by atoms with Crippen LogP contribution in [0.15, 0.2) is 36.5 Å². The fourth-order valence-electron chi connectivity index (χ4n) is 5.67. The molecular formula is C27H26FN5O5. The van der Waals surface area contributed by atoms with Crippen molar-refractivity contribution in [3.8, 4) is 0 Å². The minimum absolute atomic E-state index is 0.0637. The van der Waals surface area contributed by atoms with E-state index in [1.807, 2.05) is 23.6 Å². The third kappa shape index (κ3) is 4.07. The summed E-state index contributed by atoms with van der Waals surface area (Å²) in [5, 5.41) is 9.47. The monoisotopic (exact) mass is 519 g/mol. The van der Waals surface area contributed by atoms with Crippen LogP contribution in [0.4, 0.5) is 9.18 Å². The average molecular weight is 520 g/mol. The van der Waals surface area contributed by atoms with E-state index in [-0.39, 0.29) is 55.0 Å². The molecule has 1 unspecified atom stereocenters. The van der Waals surface area contributed by atoms with Crippen LogP contribution in [0.1, 0.15) is 64.3 Å². The van der Waals surface area contributed by atoms with Gasteiger partial charge in [-0.25, -0.2) is 13.7 Å². The standard InChI is InChI=1S/C27H26FN5O5/c1-14-2-5-19-8-9-29-33(19)24(14)17-10-18(11-17)30-27(37)38-13-16-4-3-15-12-32(26(36)22(15)23(16)28)20-6-7-21(34)31-25(20)35/h2-5,8-9,17-18,20H,6-7,10-13H2,1H3,(H,30,37)(H,31,34,35). The maximum atomic E-state index is 15.3. The van der Waals surface area contributed by atoms with Crippen LogP contribution in [0.3, 0.4) is 0 Å². The van der Waals surface area contributed by atoms with Gasteiger partial charge in [-0.15, -0.1) is 0 Å². The molecule has 2 N–H and O–H groups in total. The number of nitrogens with one attached hydrogen (secondary N) is 2. The lowest BCUT2D eigenvalue weighted by Gasteiger charge is -2.36. The summed E-state index contributed by atoms with van der Waals surface area (Å²) in [6.07, 6.45) is 2.91. The number of aryl methyl sites for hydroxylation is 1. The van der Waals surface area contributed by atoms with Crippen molar-refractivity contribution < 1.29 is 28.3 Å². The maximum Gasteiger partial charge on any atom is 0.407 e. The first kappa shape index (κ1) is 24.1. The number of piperidine rings is 1. The number of rotatable bonds is 5. The molecule has 0 bridgehead atoms. The molecule has 38 heavy (non-hydrogen) atoms. The van der Waals surface area contributed by atoms with Crippen molar-refractivity contribution in [2.24, 2.45) is 0 Å². The second-order valence-electron chi connectivity index (χ2n) is 10.1. The molecule has 2 fully saturated rings. The summed E-state index contributed by atoms with van der Waals surface area (Å²) in [6, 6.07) is 8.24. The number of amides is 4. The lowest BCUT2D eigenvalue weighted by Crippen LogP contribution is -2.52. The van der Waals surface area contributed by atoms with Gasteiger partial charge >= 0.3 is 6.09 Å². The van der Waals surface area contributed by atoms with Crippen molar-refractivity contribution >= 4 is 29.3 Å². The van der Waals surface area contributed by atoms with Gasteiger partial charge in [0.25, 0.3) is 5.91 Å². The van der Waals surface area contributed by atoms with Crippen molar-refractivity contribution in [2.45, 2.75) is 63.8 Å². The van der Waals surface area contributed by atoms with E-state index in [1.165, 1.54) is 11.0 Å². The Morgan fingerprint density at radius 3 is 2.79 bits per heavy atom. The van der Waals surface area contributed by atoms with E-state index in [0.29, 0.717) is 5.56 Å². The molecule has 196 valence electrons. The number of imide groups is 1. The van der Waals surface area contributed by atoms with Crippen LogP contribution < -0.4 is 10.6 Å². The Hall–Kier alpha value is -4.28. The molecule has 1 saturated carbocycles. The van der Waals surface area contributed by atoms with Crippen molar-refractivity contribution in [1.29, 1.82) is 0 Å². The molecule has 6 rings (SSSR count). The van der Waals surface area contributed by atoms with Crippen molar-refractivity contribution in [2.75, 3.05) is 0 Å². The highest BCUT2D eigenvalue weighted by atomic mass is 19.1. The number of hydrogen-bond acceptors (Lipinski definition) is 6. The molecule has 2 aromatic heterocycles. The Labute approximate surface area is 217 Å². The molecule has 4 amide bonds. The number of aromatic nitrogens is 2. The van der Waals surface area contributed by atoms with Gasteiger partial charge < -0.3 is 15.0 Å². The van der Waals surface area contributed by atoms with E-state index in [4.69, 9.17) is 4.74 Å². The van der Waals surface area contributed by atoms with Crippen LogP contribution in [0.5, 0.6) is 0 Å². The van der Waals surface area contributed by atoms with Crippen LogP contribution in [0, 0.1) is 12.7 Å². The number of alkyl carbamates (subject to hydrolysis) is 1. The van der Waals surface area contributed by atoms with Gasteiger partial charge in [-0.1, -0.05) is 18.2 Å². The molecule has 1 saturated heterocycles. The Morgan fingerprint density at radius 2 is 2.00 bits per heavy atom. The molecule has 10 nitrogen and oxygen atoms in total. The van der Waals surface area contributed by atoms with E-state index >= 15 is 4.39 Å². The van der Waals surface area contributed by atoms with Crippen LogP contribution in [-0.4, -0.2) is 50.4 Å². The summed E-state index contributed by atoms with van der Waals surface area (Å²) < 4.78 is 22.5. The lowest BCUT2D eigenvalue weighted by molar-refractivity contribution is -0.136. The minimum Gasteiger partial charge on any atom is -0.445 e. The molecule has 1 aliphatic carbocycles. The molecule has 3 aromatic rings. The fourth-order valence-corrected chi connectivity index (χ4v) is 5.67. The van der Waals surface area contributed by atoms with Crippen LogP contribution in [-0.2, 0) is 27.5 Å². The van der Waals surface area contributed by atoms with Gasteiger partial charge in [0.2, 0.25) is 11.8 Å². The highest BCUT2D eigenvalue weighted by molar-refractivity contribution is 6.05. The lowest BCUT2D eigenvalue weighted by atomic mass is 9.77. The third-order valence-corrected chi connectivity index (χ3v) is 7.72. The molecule has 0 spiro atoms. The van der Waals surface area contributed by atoms with E-state index < -0.39 is 29.8 Å². The van der Waals surface area contributed by atoms with Crippen LogP contribution in [0.2, 0.25) is 0 Å². The molecule has 1 aromatic carbocycles. The van der Waals surface area contributed by atoms with Crippen molar-refractivity contribution in [3.63, 3.8) is 0 Å². The van der Waals surface area contributed by atoms with Gasteiger partial charge in [0.05, 0.1) is 11.1 Å². The summed E-state index contributed by atoms with van der Waals surface area (Å²) in [5.41, 5.74) is 3.70. The topological polar surface area (TPSA) is 122 Å². The number of carbonyl (C=O) groups excluding carboxylic acids is 4. The van der Waals surface area contributed by atoms with Crippen LogP contribution >= 0.6 is 0 Å². The molecule has 11 heteroatoms. The Morgan fingerprint density at radius 1 is 1.18 bits per heavy atom. The first-order chi connectivity index (χ1) is 18.3. The van der Waals surface area contributed by atoms with E-state index in [2.05, 4.69) is 21.8 Å². The van der Waals surface area contributed by atoms with Crippen molar-refractivity contribution in [3.05, 3.63) is 70.3 Å². The molecule has 0 radical (unpaired) electrons. The maximum absolute atomic E-state index is 15.3. The number of nitrogens with zero attached hydrogens (tertiary/aromatic N) is 3. The van der Waals surface area contributed by atoms with Gasteiger partial charge in [-0.3, -0.25) is 19.7 Å². The van der Waals surface area contributed by atoms with Crippen molar-refractivity contribution in [1.82, 2.24) is 25.1 Å². The smallest absolute Gasteiger partial charge is 0.407 e. The first-order valence-corrected chi connectivity index (χ1v) is 12.6. The highest BCUT2D eigenvalue weighted by Crippen LogP contribution is 2.38. The number of hydrogen-bond donors (Lipinski definition) is 2. The Kier molecular flexibility index (Phi) is 5.85. The number of halogens is 1. The number of fused-ring (bicyclic) bond motifs is 2. The van der Waals surface area contributed by atoms with E-state index in [1.54, 1.807) is 12.3 Å². The normalized spacial score (nSPS) is 22.7. The molecule has 1 atom stereocenters. The number of benzene rings is 1. The van der Waals surface area contributed by atoms with E-state index in [0.717, 1.165) is 29.6 Å². The van der Waals surface area contributed by atoms with Gasteiger partial charge in [-0.2, -0.15) is 5.10 Å². The predicted octanol–water partition coefficient (Wildman–Crippen LogP) is 2.72. The third-order valence-electron chi connectivity index (χ3n) is 7.72. The van der Waals surface area contributed by atoms with Gasteiger partial charge in [-0.05, 0) is 49.4 Å². The van der Waals surface area contributed by atoms with Gasteiger partial charge in [0.15, 0.2) is 0 Å². The number of carbonyl (C=O) groups is 4.